The lowest BCUT2D eigenvalue weighted by Crippen LogP contribution is -2.37. The Morgan fingerprint density at radius 3 is 2.52 bits per heavy atom. The average Bonchev–Trinajstić information content (AvgIpc) is 2.77. The van der Waals surface area contributed by atoms with Gasteiger partial charge >= 0.3 is 5.97 Å². The normalized spacial score (nSPS) is 14.7. The number of nitrogens with one attached hydrogen (secondary N) is 1. The number of fused-ring (bicyclic) bond motifs is 1. The van der Waals surface area contributed by atoms with Crippen LogP contribution in [0.25, 0.3) is 5.57 Å². The zero-order valence-corrected chi connectivity index (χ0v) is 18.7. The Morgan fingerprint density at radius 2 is 1.85 bits per heavy atom. The molecule has 0 atom stereocenters. The molecule has 0 spiro atoms. The Morgan fingerprint density at radius 1 is 1.12 bits per heavy atom. The van der Waals surface area contributed by atoms with Crippen LogP contribution in [0.1, 0.15) is 49.3 Å². The molecular weight excluding hydrogens is 435 g/mol. The predicted octanol–water partition coefficient (Wildman–Crippen LogP) is 4.68. The third-order valence-electron chi connectivity index (χ3n) is 5.00. The number of rotatable bonds is 3. The quantitative estimate of drug-likeness (QED) is 0.677. The number of halogens is 3. The van der Waals surface area contributed by atoms with Crippen molar-refractivity contribution in [1.29, 1.82) is 0 Å². The highest BCUT2D eigenvalue weighted by Gasteiger charge is 2.35. The van der Waals surface area contributed by atoms with Crippen molar-refractivity contribution in [3.8, 4) is 0 Å². The van der Waals surface area contributed by atoms with Crippen LogP contribution in [-0.4, -0.2) is 39.4 Å². The maximum absolute atomic E-state index is 14.0. The van der Waals surface area contributed by atoms with E-state index in [0.29, 0.717) is 5.56 Å². The molecular formula is C24H24F3N3O3. The standard InChI is InChI=1S/C24H24F3N3O3/c1-14(2)33-23(32)17-11-30(22(31)15-5-8-19(26)20(27)9-15)12-24(3,4)18-7-6-16(25)10-28-13-29-21(17)18/h5-11,13-14H,12H2,1-4H3,(H,28,29). The summed E-state index contributed by atoms with van der Waals surface area (Å²) in [6, 6.07) is 5.54. The van der Waals surface area contributed by atoms with Gasteiger partial charge in [-0.1, -0.05) is 19.9 Å². The second kappa shape index (κ2) is 9.48. The maximum atomic E-state index is 14.0. The Labute approximate surface area is 189 Å². The van der Waals surface area contributed by atoms with Gasteiger partial charge in [-0.3, -0.25) is 4.79 Å². The highest BCUT2D eigenvalue weighted by Crippen LogP contribution is 2.34. The summed E-state index contributed by atoms with van der Waals surface area (Å²) < 4.78 is 46.5. The molecule has 1 amide bonds. The van der Waals surface area contributed by atoms with E-state index in [0.717, 1.165) is 24.4 Å². The summed E-state index contributed by atoms with van der Waals surface area (Å²) in [4.78, 5) is 34.2. The fourth-order valence-corrected chi connectivity index (χ4v) is 3.50. The van der Waals surface area contributed by atoms with Crippen molar-refractivity contribution < 1.29 is 27.5 Å². The number of amides is 1. The van der Waals surface area contributed by atoms with E-state index in [9.17, 15) is 22.8 Å². The van der Waals surface area contributed by atoms with Crippen molar-refractivity contribution >= 4 is 17.4 Å². The Balaban J connectivity index is 2.24. The van der Waals surface area contributed by atoms with Crippen molar-refractivity contribution in [2.75, 3.05) is 6.54 Å². The molecule has 0 unspecified atom stereocenters. The predicted molar refractivity (Wildman–Crippen MR) is 116 cm³/mol. The van der Waals surface area contributed by atoms with E-state index < -0.39 is 40.8 Å². The minimum atomic E-state index is -1.16. The van der Waals surface area contributed by atoms with Crippen LogP contribution in [0.15, 0.2) is 49.1 Å². The van der Waals surface area contributed by atoms with Gasteiger partial charge in [0.25, 0.3) is 5.91 Å². The lowest BCUT2D eigenvalue weighted by Gasteiger charge is -2.29. The van der Waals surface area contributed by atoms with Gasteiger partial charge in [0.1, 0.15) is 5.82 Å². The van der Waals surface area contributed by atoms with E-state index >= 15 is 0 Å². The summed E-state index contributed by atoms with van der Waals surface area (Å²) in [5, 5.41) is 0. The van der Waals surface area contributed by atoms with Gasteiger partial charge in [0.05, 0.1) is 29.9 Å². The highest BCUT2D eigenvalue weighted by molar-refractivity contribution is 6.17. The number of aromatic amines is 1. The number of ether oxygens (including phenoxy) is 1. The third kappa shape index (κ3) is 5.42. The molecule has 3 rings (SSSR count). The third-order valence-corrected chi connectivity index (χ3v) is 5.00. The second-order valence-corrected chi connectivity index (χ2v) is 8.50. The summed E-state index contributed by atoms with van der Waals surface area (Å²) in [7, 11) is 0. The molecule has 0 radical (unpaired) electrons. The van der Waals surface area contributed by atoms with Gasteiger partial charge in [0, 0.05) is 23.7 Å². The van der Waals surface area contributed by atoms with Crippen molar-refractivity contribution in [2.24, 2.45) is 0 Å². The van der Waals surface area contributed by atoms with Crippen LogP contribution >= 0.6 is 0 Å². The smallest absolute Gasteiger partial charge is 0.342 e. The fourth-order valence-electron chi connectivity index (χ4n) is 3.50. The number of nitrogens with zero attached hydrogens (tertiary/aromatic N) is 2. The fraction of sp³-hybridized carbons (Fsp3) is 0.292. The molecule has 0 aliphatic carbocycles. The molecule has 0 saturated carbocycles. The minimum absolute atomic E-state index is 0.00128. The van der Waals surface area contributed by atoms with Crippen molar-refractivity contribution in [2.45, 2.75) is 39.2 Å². The number of H-pyrrole nitrogens is 1. The van der Waals surface area contributed by atoms with Crippen LogP contribution in [0.3, 0.4) is 0 Å². The van der Waals surface area contributed by atoms with Gasteiger partial charge in [-0.2, -0.15) is 0 Å². The molecule has 1 aliphatic heterocycles. The number of hydrogen-bond acceptors (Lipinski definition) is 4. The van der Waals surface area contributed by atoms with Crippen LogP contribution in [0, 0.1) is 17.5 Å². The lowest BCUT2D eigenvalue weighted by atomic mass is 9.83. The molecule has 0 bridgehead atoms. The molecule has 2 aromatic rings. The molecule has 33 heavy (non-hydrogen) atoms. The molecule has 6 nitrogen and oxygen atoms in total. The first-order chi connectivity index (χ1) is 15.5. The summed E-state index contributed by atoms with van der Waals surface area (Å²) in [6.45, 7) is 7.02. The summed E-state index contributed by atoms with van der Waals surface area (Å²) in [5.41, 5.74) is -0.0930. The van der Waals surface area contributed by atoms with Crippen molar-refractivity contribution in [3.05, 3.63) is 83.3 Å². The zero-order valence-electron chi connectivity index (χ0n) is 18.7. The highest BCUT2D eigenvalue weighted by atomic mass is 19.2. The molecule has 0 fully saturated rings. The molecule has 9 heteroatoms. The number of benzene rings is 1. The van der Waals surface area contributed by atoms with Crippen molar-refractivity contribution in [3.63, 3.8) is 0 Å². The minimum Gasteiger partial charge on any atom is -0.459 e. The molecule has 174 valence electrons. The van der Waals surface area contributed by atoms with Crippen LogP contribution in [0.2, 0.25) is 0 Å². The monoisotopic (exact) mass is 459 g/mol. The Kier molecular flexibility index (Phi) is 6.90. The molecule has 1 aliphatic rings. The first kappa shape index (κ1) is 24.0. The van der Waals surface area contributed by atoms with E-state index in [-0.39, 0.29) is 23.4 Å². The Hall–Kier alpha value is -3.62. The maximum Gasteiger partial charge on any atom is 0.342 e. The molecule has 1 aromatic heterocycles. The van der Waals surface area contributed by atoms with E-state index in [1.165, 1.54) is 29.6 Å². The van der Waals surface area contributed by atoms with Gasteiger partial charge < -0.3 is 14.6 Å². The van der Waals surface area contributed by atoms with E-state index in [1.54, 1.807) is 27.7 Å². The lowest BCUT2D eigenvalue weighted by molar-refractivity contribution is -0.140. The van der Waals surface area contributed by atoms with E-state index in [1.807, 2.05) is 0 Å². The second-order valence-electron chi connectivity index (χ2n) is 8.50. The van der Waals surface area contributed by atoms with E-state index in [4.69, 9.17) is 4.74 Å². The van der Waals surface area contributed by atoms with Gasteiger partial charge in [-0.15, -0.1) is 0 Å². The molecule has 1 N–H and O–H groups in total. The van der Waals surface area contributed by atoms with Gasteiger partial charge in [-0.05, 0) is 43.7 Å². The Bertz CT molecular complexity index is 1170. The number of aromatic nitrogens is 2. The summed E-state index contributed by atoms with van der Waals surface area (Å²) >= 11 is 0. The summed E-state index contributed by atoms with van der Waals surface area (Å²) in [6.07, 6.45) is 3.09. The molecule has 0 saturated heterocycles. The number of carbonyl (C=O) groups is 2. The zero-order chi connectivity index (χ0) is 24.3. The number of carbonyl (C=O) groups excluding carboxylic acids is 2. The largest absolute Gasteiger partial charge is 0.459 e. The van der Waals surface area contributed by atoms with Gasteiger partial charge in [0.2, 0.25) is 0 Å². The van der Waals surface area contributed by atoms with Crippen LogP contribution in [0.4, 0.5) is 13.2 Å². The SMILES string of the molecule is CC(C)OC(=O)C1=CN(C(=O)c2ccc(F)c(F)c2)CC(C)(C)c2ccc(F)cnc[nH]c21. The van der Waals surface area contributed by atoms with Crippen molar-refractivity contribution in [1.82, 2.24) is 14.9 Å². The van der Waals surface area contributed by atoms with Crippen LogP contribution in [0.5, 0.6) is 0 Å². The topological polar surface area (TPSA) is 75.3 Å². The molecule has 1 aromatic carbocycles. The van der Waals surface area contributed by atoms with Crippen LogP contribution in [-0.2, 0) is 14.9 Å². The number of hydrogen-bond donors (Lipinski definition) is 1. The number of esters is 1. The first-order valence-corrected chi connectivity index (χ1v) is 10.3. The average molecular weight is 459 g/mol. The van der Waals surface area contributed by atoms with Gasteiger partial charge in [-0.25, -0.2) is 22.9 Å². The summed E-state index contributed by atoms with van der Waals surface area (Å²) in [5.74, 6) is -4.22. The molecule has 2 heterocycles. The van der Waals surface area contributed by atoms with E-state index in [2.05, 4.69) is 9.97 Å². The first-order valence-electron chi connectivity index (χ1n) is 10.3. The van der Waals surface area contributed by atoms with Gasteiger partial charge in [0.15, 0.2) is 11.6 Å². The van der Waals surface area contributed by atoms with Crippen LogP contribution < -0.4 is 0 Å².